The van der Waals surface area contributed by atoms with Gasteiger partial charge in [-0.05, 0) is 74.6 Å². The highest BCUT2D eigenvalue weighted by atomic mass is 16.1. The average Bonchev–Trinajstić information content (AvgIpc) is 3.15. The SMILES string of the molecule is CC(C)(N)CC1CCN(c2ccn(-c3ccc(CN4CC5C(N)C5C4)cc3)c(=O)n2)CC1. The van der Waals surface area contributed by atoms with Gasteiger partial charge in [-0.2, -0.15) is 4.98 Å². The lowest BCUT2D eigenvalue weighted by Crippen LogP contribution is -2.40. The largest absolute Gasteiger partial charge is 0.356 e. The van der Waals surface area contributed by atoms with Crippen LogP contribution in [0.1, 0.15) is 38.7 Å². The van der Waals surface area contributed by atoms with E-state index in [-0.39, 0.29) is 11.2 Å². The summed E-state index contributed by atoms with van der Waals surface area (Å²) in [4.78, 5) is 21.8. The van der Waals surface area contributed by atoms with Crippen LogP contribution in [0.5, 0.6) is 0 Å². The highest BCUT2D eigenvalue weighted by molar-refractivity contribution is 5.40. The summed E-state index contributed by atoms with van der Waals surface area (Å²) in [6, 6.07) is 10.6. The first-order chi connectivity index (χ1) is 15.3. The highest BCUT2D eigenvalue weighted by Gasteiger charge is 2.53. The van der Waals surface area contributed by atoms with Crippen molar-refractivity contribution < 1.29 is 0 Å². The molecule has 1 saturated carbocycles. The van der Waals surface area contributed by atoms with Gasteiger partial charge in [0.05, 0.1) is 5.69 Å². The van der Waals surface area contributed by atoms with E-state index < -0.39 is 0 Å². The number of hydrogen-bond acceptors (Lipinski definition) is 6. The van der Waals surface area contributed by atoms with Crippen LogP contribution in [-0.4, -0.2) is 52.2 Å². The number of fused-ring (bicyclic) bond motifs is 1. The maximum atomic E-state index is 12.8. The molecule has 4 N–H and O–H groups in total. The molecule has 7 heteroatoms. The Morgan fingerprint density at radius 3 is 2.31 bits per heavy atom. The lowest BCUT2D eigenvalue weighted by molar-refractivity contribution is 0.290. The van der Waals surface area contributed by atoms with E-state index in [2.05, 4.69) is 40.8 Å². The van der Waals surface area contributed by atoms with Crippen molar-refractivity contribution in [3.05, 3.63) is 52.6 Å². The van der Waals surface area contributed by atoms with Crippen LogP contribution in [0, 0.1) is 17.8 Å². The second-order valence-electron chi connectivity index (χ2n) is 10.8. The summed E-state index contributed by atoms with van der Waals surface area (Å²) in [6.07, 6.45) is 5.08. The zero-order valence-electron chi connectivity index (χ0n) is 19.3. The predicted octanol–water partition coefficient (Wildman–Crippen LogP) is 1.97. The van der Waals surface area contributed by atoms with Gasteiger partial charge in [0, 0.05) is 50.5 Å². The Hall–Kier alpha value is -2.22. The zero-order valence-corrected chi connectivity index (χ0v) is 19.3. The van der Waals surface area contributed by atoms with E-state index in [1.54, 1.807) is 4.57 Å². The molecule has 1 aliphatic carbocycles. The van der Waals surface area contributed by atoms with Gasteiger partial charge in [0.15, 0.2) is 0 Å². The normalized spacial score (nSPS) is 26.4. The fourth-order valence-electron chi connectivity index (χ4n) is 5.69. The van der Waals surface area contributed by atoms with Crippen LogP contribution < -0.4 is 22.1 Å². The van der Waals surface area contributed by atoms with Crippen LogP contribution in [-0.2, 0) is 6.54 Å². The van der Waals surface area contributed by atoms with Gasteiger partial charge in [0.25, 0.3) is 0 Å². The molecule has 1 aromatic heterocycles. The third-order valence-corrected chi connectivity index (χ3v) is 7.50. The molecule has 3 fully saturated rings. The summed E-state index contributed by atoms with van der Waals surface area (Å²) in [6.45, 7) is 9.21. The fourth-order valence-corrected chi connectivity index (χ4v) is 5.69. The monoisotopic (exact) mass is 436 g/mol. The number of aromatic nitrogens is 2. The third-order valence-electron chi connectivity index (χ3n) is 7.50. The van der Waals surface area contributed by atoms with Crippen LogP contribution in [0.15, 0.2) is 41.3 Å². The molecule has 2 aliphatic heterocycles. The first-order valence-corrected chi connectivity index (χ1v) is 12.0. The maximum absolute atomic E-state index is 12.8. The molecule has 172 valence electrons. The van der Waals surface area contributed by atoms with Crippen molar-refractivity contribution >= 4 is 5.82 Å². The van der Waals surface area contributed by atoms with E-state index in [1.807, 2.05) is 24.4 Å². The summed E-state index contributed by atoms with van der Waals surface area (Å²) in [7, 11) is 0. The molecule has 2 saturated heterocycles. The minimum absolute atomic E-state index is 0.122. The average molecular weight is 437 g/mol. The first-order valence-electron chi connectivity index (χ1n) is 12.0. The van der Waals surface area contributed by atoms with Gasteiger partial charge in [-0.3, -0.25) is 9.47 Å². The minimum Gasteiger partial charge on any atom is -0.356 e. The van der Waals surface area contributed by atoms with E-state index in [4.69, 9.17) is 11.5 Å². The van der Waals surface area contributed by atoms with Gasteiger partial charge in [0.2, 0.25) is 0 Å². The first kappa shape index (κ1) is 21.6. The number of likely N-dealkylation sites (tertiary alicyclic amines) is 1. The fraction of sp³-hybridized carbons (Fsp3) is 0.600. The van der Waals surface area contributed by atoms with Gasteiger partial charge in [-0.1, -0.05) is 12.1 Å². The topological polar surface area (TPSA) is 93.4 Å². The summed E-state index contributed by atoms with van der Waals surface area (Å²) in [5.74, 6) is 2.83. The van der Waals surface area contributed by atoms with E-state index in [9.17, 15) is 4.79 Å². The van der Waals surface area contributed by atoms with Crippen molar-refractivity contribution in [3.8, 4) is 5.69 Å². The van der Waals surface area contributed by atoms with Crippen LogP contribution in [0.4, 0.5) is 5.82 Å². The van der Waals surface area contributed by atoms with Gasteiger partial charge in [-0.25, -0.2) is 4.79 Å². The molecule has 0 spiro atoms. The minimum atomic E-state index is -0.228. The van der Waals surface area contributed by atoms with E-state index in [0.717, 1.165) is 63.5 Å². The Kier molecular flexibility index (Phi) is 5.60. The lowest BCUT2D eigenvalue weighted by Gasteiger charge is -2.35. The second-order valence-corrected chi connectivity index (χ2v) is 10.8. The Morgan fingerprint density at radius 2 is 1.72 bits per heavy atom. The van der Waals surface area contributed by atoms with Crippen molar-refractivity contribution in [1.82, 2.24) is 14.5 Å². The molecule has 2 atom stereocenters. The van der Waals surface area contributed by atoms with Crippen molar-refractivity contribution in [2.75, 3.05) is 31.1 Å². The van der Waals surface area contributed by atoms with E-state index in [0.29, 0.717) is 23.8 Å². The number of benzene rings is 1. The van der Waals surface area contributed by atoms with E-state index >= 15 is 0 Å². The Balaban J connectivity index is 1.20. The highest BCUT2D eigenvalue weighted by Crippen LogP contribution is 2.44. The summed E-state index contributed by atoms with van der Waals surface area (Å²) < 4.78 is 1.63. The van der Waals surface area contributed by atoms with Crippen molar-refractivity contribution in [1.29, 1.82) is 0 Å². The molecule has 2 unspecified atom stereocenters. The molecule has 0 bridgehead atoms. The molecular formula is C25H36N6O. The summed E-state index contributed by atoms with van der Waals surface area (Å²) >= 11 is 0. The molecule has 0 amide bonds. The number of rotatable bonds is 6. The standard InChI is InChI=1S/C25H36N6O/c1-25(2,27)13-17-7-10-30(11-8-17)22-9-12-31(24(32)28-22)19-5-3-18(4-6-19)14-29-15-20-21(16-29)23(20)26/h3-6,9,12,17,20-21,23H,7-8,10-11,13-16,26-27H2,1-2H3. The van der Waals surface area contributed by atoms with E-state index in [1.165, 1.54) is 5.56 Å². The Bertz CT molecular complexity index is 990. The molecule has 0 radical (unpaired) electrons. The van der Waals surface area contributed by atoms with Crippen molar-refractivity contribution in [2.24, 2.45) is 29.2 Å². The molecule has 5 rings (SSSR count). The van der Waals surface area contributed by atoms with Gasteiger partial charge >= 0.3 is 5.69 Å². The van der Waals surface area contributed by atoms with Gasteiger partial charge in [-0.15, -0.1) is 0 Å². The van der Waals surface area contributed by atoms with Gasteiger partial charge < -0.3 is 16.4 Å². The molecule has 3 heterocycles. The van der Waals surface area contributed by atoms with Crippen LogP contribution >= 0.6 is 0 Å². The number of anilines is 1. The number of piperidine rings is 2. The number of nitrogens with two attached hydrogens (primary N) is 2. The Morgan fingerprint density at radius 1 is 1.06 bits per heavy atom. The second kappa shape index (κ2) is 8.28. The smallest absolute Gasteiger partial charge is 0.354 e. The number of nitrogens with zero attached hydrogens (tertiary/aromatic N) is 4. The third kappa shape index (κ3) is 4.60. The molecule has 2 aromatic rings. The molecule has 32 heavy (non-hydrogen) atoms. The molecular weight excluding hydrogens is 400 g/mol. The molecule has 1 aromatic carbocycles. The quantitative estimate of drug-likeness (QED) is 0.719. The molecule has 3 aliphatic rings. The van der Waals surface area contributed by atoms with Crippen LogP contribution in [0.3, 0.4) is 0 Å². The lowest BCUT2D eigenvalue weighted by atomic mass is 9.85. The number of hydrogen-bond donors (Lipinski definition) is 2. The zero-order chi connectivity index (χ0) is 22.5. The van der Waals surface area contributed by atoms with Crippen molar-refractivity contribution in [2.45, 2.75) is 51.2 Å². The van der Waals surface area contributed by atoms with Gasteiger partial charge in [0.1, 0.15) is 5.82 Å². The van der Waals surface area contributed by atoms with Crippen molar-refractivity contribution in [3.63, 3.8) is 0 Å². The van der Waals surface area contributed by atoms with Crippen LogP contribution in [0.25, 0.3) is 5.69 Å². The predicted molar refractivity (Wildman–Crippen MR) is 128 cm³/mol. The maximum Gasteiger partial charge on any atom is 0.354 e. The summed E-state index contributed by atoms with van der Waals surface area (Å²) in [5, 5.41) is 0. The van der Waals surface area contributed by atoms with Crippen LogP contribution in [0.2, 0.25) is 0 Å². The molecule has 7 nitrogen and oxygen atoms in total. The summed E-state index contributed by atoms with van der Waals surface area (Å²) in [5.41, 5.74) is 14.0. The Labute approximate surface area is 190 Å².